The van der Waals surface area contributed by atoms with Crippen LogP contribution >= 0.6 is 39.1 Å². The molecule has 0 heterocycles. The van der Waals surface area contributed by atoms with Crippen LogP contribution < -0.4 is 0 Å². The van der Waals surface area contributed by atoms with Crippen molar-refractivity contribution < 1.29 is 0 Å². The van der Waals surface area contributed by atoms with Gasteiger partial charge in [-0.25, -0.2) is 0 Å². The lowest BCUT2D eigenvalue weighted by molar-refractivity contribution is 0.552. The molecule has 1 aliphatic rings. The molecule has 2 aromatic rings. The van der Waals surface area contributed by atoms with Crippen LogP contribution in [0.25, 0.3) is 0 Å². The van der Waals surface area contributed by atoms with E-state index < -0.39 is 0 Å². The smallest absolute Gasteiger partial charge is 0.0595 e. The minimum absolute atomic E-state index is 0.427. The first-order valence-corrected chi connectivity index (χ1v) is 8.68. The molecule has 0 aromatic heterocycles. The van der Waals surface area contributed by atoms with Crippen molar-refractivity contribution >= 4 is 39.1 Å². The fourth-order valence-electron chi connectivity index (χ4n) is 3.11. The van der Waals surface area contributed by atoms with Gasteiger partial charge in [-0.05, 0) is 47.6 Å². The van der Waals surface area contributed by atoms with Gasteiger partial charge in [0.1, 0.15) is 0 Å². The van der Waals surface area contributed by atoms with Crippen LogP contribution in [0.4, 0.5) is 0 Å². The molecular weight excluding hydrogens is 355 g/mol. The molecule has 3 heteroatoms. The molecule has 104 valence electrons. The van der Waals surface area contributed by atoms with E-state index in [4.69, 9.17) is 23.2 Å². The van der Waals surface area contributed by atoms with E-state index >= 15 is 0 Å². The van der Waals surface area contributed by atoms with Crippen LogP contribution in [0.1, 0.15) is 41.4 Å². The quantitative estimate of drug-likeness (QED) is 0.537. The topological polar surface area (TPSA) is 0 Å². The van der Waals surface area contributed by atoms with Crippen molar-refractivity contribution in [2.75, 3.05) is 5.33 Å². The van der Waals surface area contributed by atoms with Crippen molar-refractivity contribution in [3.63, 3.8) is 0 Å². The molecule has 0 fully saturated rings. The standard InChI is InChI=1S/C17H15BrCl2/c18-10-12-5-7-14(15-4-2-1-3-13(12)15)11-6-8-16(19)17(20)9-11/h1-4,6,8-9,12,14H,5,7,10H2. The van der Waals surface area contributed by atoms with E-state index in [1.807, 2.05) is 12.1 Å². The van der Waals surface area contributed by atoms with Crippen LogP contribution in [0.2, 0.25) is 10.0 Å². The van der Waals surface area contributed by atoms with Crippen LogP contribution in [0, 0.1) is 0 Å². The van der Waals surface area contributed by atoms with Crippen LogP contribution in [0.3, 0.4) is 0 Å². The highest BCUT2D eigenvalue weighted by Crippen LogP contribution is 2.43. The molecular formula is C17H15BrCl2. The van der Waals surface area contributed by atoms with Crippen molar-refractivity contribution in [2.24, 2.45) is 0 Å². The van der Waals surface area contributed by atoms with Crippen LogP contribution in [-0.4, -0.2) is 5.33 Å². The monoisotopic (exact) mass is 368 g/mol. The van der Waals surface area contributed by atoms with Gasteiger partial charge < -0.3 is 0 Å². The van der Waals surface area contributed by atoms with E-state index in [2.05, 4.69) is 46.3 Å². The largest absolute Gasteiger partial charge is 0.0921 e. The zero-order valence-corrected chi connectivity index (χ0v) is 14.0. The average Bonchev–Trinajstić information content (AvgIpc) is 2.49. The van der Waals surface area contributed by atoms with Crippen molar-refractivity contribution in [1.82, 2.24) is 0 Å². The van der Waals surface area contributed by atoms with E-state index in [9.17, 15) is 0 Å². The summed E-state index contributed by atoms with van der Waals surface area (Å²) in [5, 5.41) is 2.29. The summed E-state index contributed by atoms with van der Waals surface area (Å²) in [4.78, 5) is 0. The number of alkyl halides is 1. The number of hydrogen-bond donors (Lipinski definition) is 0. The number of benzene rings is 2. The Morgan fingerprint density at radius 3 is 2.40 bits per heavy atom. The second kappa shape index (κ2) is 6.09. The molecule has 3 rings (SSSR count). The Morgan fingerprint density at radius 1 is 0.950 bits per heavy atom. The Balaban J connectivity index is 2.05. The van der Waals surface area contributed by atoms with Gasteiger partial charge in [-0.15, -0.1) is 0 Å². The summed E-state index contributed by atoms with van der Waals surface area (Å²) < 4.78 is 0. The van der Waals surface area contributed by atoms with Gasteiger partial charge in [0, 0.05) is 11.2 Å². The number of rotatable bonds is 2. The Bertz CT molecular complexity index is 624. The third-order valence-corrected chi connectivity index (χ3v) is 5.67. The minimum Gasteiger partial charge on any atom is -0.0921 e. The van der Waals surface area contributed by atoms with Gasteiger partial charge in [0.05, 0.1) is 10.0 Å². The van der Waals surface area contributed by atoms with Gasteiger partial charge >= 0.3 is 0 Å². The van der Waals surface area contributed by atoms with Gasteiger partial charge in [-0.1, -0.05) is 69.5 Å². The lowest BCUT2D eigenvalue weighted by Gasteiger charge is -2.31. The van der Waals surface area contributed by atoms with Gasteiger partial charge in [0.15, 0.2) is 0 Å². The highest BCUT2D eigenvalue weighted by molar-refractivity contribution is 9.09. The Hall–Kier alpha value is -0.500. The zero-order valence-electron chi connectivity index (χ0n) is 11.0. The molecule has 0 spiro atoms. The average molecular weight is 370 g/mol. The fourth-order valence-corrected chi connectivity index (χ4v) is 4.09. The van der Waals surface area contributed by atoms with Crippen LogP contribution in [0.15, 0.2) is 42.5 Å². The molecule has 2 aromatic carbocycles. The second-order valence-corrected chi connectivity index (χ2v) is 6.75. The van der Waals surface area contributed by atoms with E-state index in [-0.39, 0.29) is 0 Å². The minimum atomic E-state index is 0.427. The fraction of sp³-hybridized carbons (Fsp3) is 0.294. The first kappa shape index (κ1) is 14.4. The summed E-state index contributed by atoms with van der Waals surface area (Å²) in [7, 11) is 0. The van der Waals surface area contributed by atoms with Crippen LogP contribution in [-0.2, 0) is 0 Å². The summed E-state index contributed by atoms with van der Waals surface area (Å²) in [5.74, 6) is 1.04. The predicted molar refractivity (Wildman–Crippen MR) is 90.5 cm³/mol. The van der Waals surface area contributed by atoms with E-state index in [1.54, 1.807) is 0 Å². The second-order valence-electron chi connectivity index (χ2n) is 5.28. The Labute approximate surface area is 138 Å². The maximum absolute atomic E-state index is 6.18. The number of hydrogen-bond acceptors (Lipinski definition) is 0. The Kier molecular flexibility index (Phi) is 4.40. The number of fused-ring (bicyclic) bond motifs is 1. The van der Waals surface area contributed by atoms with Crippen LogP contribution in [0.5, 0.6) is 0 Å². The molecule has 2 unspecified atom stereocenters. The molecule has 0 saturated carbocycles. The van der Waals surface area contributed by atoms with Gasteiger partial charge in [0.25, 0.3) is 0 Å². The molecule has 0 radical (unpaired) electrons. The van der Waals surface area contributed by atoms with Gasteiger partial charge in [-0.2, -0.15) is 0 Å². The molecule has 1 aliphatic carbocycles. The maximum Gasteiger partial charge on any atom is 0.0595 e. The first-order valence-electron chi connectivity index (χ1n) is 6.80. The predicted octanol–water partition coefficient (Wildman–Crippen LogP) is 6.40. The molecule has 0 nitrogen and oxygen atoms in total. The van der Waals surface area contributed by atoms with Crippen molar-refractivity contribution in [2.45, 2.75) is 24.7 Å². The summed E-state index contributed by atoms with van der Waals surface area (Å²) in [5.41, 5.74) is 4.16. The lowest BCUT2D eigenvalue weighted by atomic mass is 9.75. The van der Waals surface area contributed by atoms with Crippen molar-refractivity contribution in [3.05, 3.63) is 69.2 Å². The highest BCUT2D eigenvalue weighted by Gasteiger charge is 2.27. The SMILES string of the molecule is Clc1ccc(C2CCC(CBr)c3ccccc32)cc1Cl. The summed E-state index contributed by atoms with van der Waals surface area (Å²) in [6.45, 7) is 0. The molecule has 0 saturated heterocycles. The summed E-state index contributed by atoms with van der Waals surface area (Å²) >= 11 is 15.8. The molecule has 20 heavy (non-hydrogen) atoms. The third kappa shape index (κ3) is 2.64. The highest BCUT2D eigenvalue weighted by atomic mass is 79.9. The lowest BCUT2D eigenvalue weighted by Crippen LogP contribution is -2.16. The van der Waals surface area contributed by atoms with Crippen molar-refractivity contribution in [1.29, 1.82) is 0 Å². The maximum atomic E-state index is 6.18. The number of halogens is 3. The third-order valence-electron chi connectivity index (χ3n) is 4.15. The van der Waals surface area contributed by atoms with Gasteiger partial charge in [-0.3, -0.25) is 0 Å². The molecule has 0 N–H and O–H groups in total. The van der Waals surface area contributed by atoms with E-state index in [0.717, 1.165) is 11.8 Å². The van der Waals surface area contributed by atoms with Crippen molar-refractivity contribution in [3.8, 4) is 0 Å². The molecule has 0 amide bonds. The summed E-state index contributed by atoms with van der Waals surface area (Å²) in [6.07, 6.45) is 2.36. The molecule has 0 bridgehead atoms. The zero-order chi connectivity index (χ0) is 14.1. The Morgan fingerprint density at radius 2 is 1.70 bits per heavy atom. The molecule has 0 aliphatic heterocycles. The molecule has 2 atom stereocenters. The van der Waals surface area contributed by atoms with Gasteiger partial charge in [0.2, 0.25) is 0 Å². The van der Waals surface area contributed by atoms with E-state index in [1.165, 1.54) is 23.1 Å². The van der Waals surface area contributed by atoms with E-state index in [0.29, 0.717) is 21.9 Å². The first-order chi connectivity index (χ1) is 9.70. The summed E-state index contributed by atoms with van der Waals surface area (Å²) in [6, 6.07) is 14.8. The normalized spacial score (nSPS) is 21.6.